The van der Waals surface area contributed by atoms with Gasteiger partial charge in [-0.15, -0.1) is 0 Å². The van der Waals surface area contributed by atoms with Crippen molar-refractivity contribution in [3.05, 3.63) is 76.1 Å². The highest BCUT2D eigenvalue weighted by Crippen LogP contribution is 2.23. The van der Waals surface area contributed by atoms with Gasteiger partial charge in [0.05, 0.1) is 35.7 Å². The Kier molecular flexibility index (Phi) is 7.34. The fourth-order valence-corrected chi connectivity index (χ4v) is 4.42. The second-order valence-electron chi connectivity index (χ2n) is 8.77. The van der Waals surface area contributed by atoms with Crippen LogP contribution in [-0.4, -0.2) is 64.1 Å². The number of carbonyl (C=O) groups excluding carboxylic acids is 2. The van der Waals surface area contributed by atoms with Gasteiger partial charge < -0.3 is 10.2 Å². The molecular formula is C26H30ClN5O2. The first kappa shape index (κ1) is 24.0. The van der Waals surface area contributed by atoms with E-state index in [0.29, 0.717) is 37.6 Å². The van der Waals surface area contributed by atoms with Gasteiger partial charge in [0, 0.05) is 31.2 Å². The van der Waals surface area contributed by atoms with Gasteiger partial charge in [0.25, 0.3) is 0 Å². The number of carbonyl (C=O) groups is 2. The molecule has 0 saturated carbocycles. The molecule has 2 heterocycles. The predicted molar refractivity (Wildman–Crippen MR) is 135 cm³/mol. The van der Waals surface area contributed by atoms with Crippen molar-refractivity contribution in [3.63, 3.8) is 0 Å². The molecule has 1 aliphatic heterocycles. The van der Waals surface area contributed by atoms with Gasteiger partial charge in [0.2, 0.25) is 11.8 Å². The lowest BCUT2D eigenvalue weighted by Gasteiger charge is -2.34. The highest BCUT2D eigenvalue weighted by molar-refractivity contribution is 6.31. The molecule has 0 atom stereocenters. The van der Waals surface area contributed by atoms with Gasteiger partial charge in [0.15, 0.2) is 0 Å². The monoisotopic (exact) mass is 479 g/mol. The Labute approximate surface area is 205 Å². The van der Waals surface area contributed by atoms with E-state index in [1.807, 2.05) is 72.8 Å². The lowest BCUT2D eigenvalue weighted by molar-refractivity contribution is -0.132. The second-order valence-corrected chi connectivity index (χ2v) is 9.17. The quantitative estimate of drug-likeness (QED) is 0.584. The number of aromatic nitrogens is 2. The Morgan fingerprint density at radius 2 is 1.65 bits per heavy atom. The molecule has 0 radical (unpaired) electrons. The number of rotatable bonds is 6. The summed E-state index contributed by atoms with van der Waals surface area (Å²) in [4.78, 5) is 29.4. The van der Waals surface area contributed by atoms with Crippen LogP contribution in [0.4, 0.5) is 5.69 Å². The second kappa shape index (κ2) is 10.4. The zero-order chi connectivity index (χ0) is 24.2. The minimum absolute atomic E-state index is 0.0620. The van der Waals surface area contributed by atoms with Crippen LogP contribution in [0, 0.1) is 20.8 Å². The van der Waals surface area contributed by atoms with Crippen molar-refractivity contribution in [1.82, 2.24) is 19.6 Å². The standard InChI is InChI=1S/C26H30ClN5O2/c1-18-8-10-22(11-9-18)32-20(3)26(19(2)29-32)28-24(33)17-30-12-14-31(15-13-30)25(34)16-21-6-4-5-7-23(21)27/h4-11H,12-17H2,1-3H3,(H,28,33). The third-order valence-electron chi connectivity index (χ3n) is 6.23. The van der Waals surface area contributed by atoms with E-state index >= 15 is 0 Å². The van der Waals surface area contributed by atoms with Gasteiger partial charge in [-0.05, 0) is 44.5 Å². The Morgan fingerprint density at radius 3 is 2.32 bits per heavy atom. The maximum absolute atomic E-state index is 12.8. The van der Waals surface area contributed by atoms with Gasteiger partial charge >= 0.3 is 0 Å². The van der Waals surface area contributed by atoms with E-state index in [1.165, 1.54) is 5.56 Å². The molecule has 8 heteroatoms. The smallest absolute Gasteiger partial charge is 0.238 e. The van der Waals surface area contributed by atoms with Crippen molar-refractivity contribution in [1.29, 1.82) is 0 Å². The first-order valence-electron chi connectivity index (χ1n) is 11.5. The van der Waals surface area contributed by atoms with Gasteiger partial charge in [-0.1, -0.05) is 47.5 Å². The van der Waals surface area contributed by atoms with E-state index in [2.05, 4.69) is 15.3 Å². The molecule has 1 aromatic heterocycles. The number of nitrogens with zero attached hydrogens (tertiary/aromatic N) is 4. The van der Waals surface area contributed by atoms with Crippen molar-refractivity contribution >= 4 is 29.1 Å². The molecule has 178 valence electrons. The van der Waals surface area contributed by atoms with Crippen LogP contribution < -0.4 is 5.32 Å². The number of aryl methyl sites for hydroxylation is 2. The van der Waals surface area contributed by atoms with E-state index in [1.54, 1.807) is 6.07 Å². The Morgan fingerprint density at radius 1 is 0.971 bits per heavy atom. The Bertz CT molecular complexity index is 1180. The fourth-order valence-electron chi connectivity index (χ4n) is 4.21. The molecule has 0 bridgehead atoms. The van der Waals surface area contributed by atoms with E-state index < -0.39 is 0 Å². The van der Waals surface area contributed by atoms with Crippen molar-refractivity contribution in [3.8, 4) is 5.69 Å². The van der Waals surface area contributed by atoms with Crippen LogP contribution in [0.2, 0.25) is 5.02 Å². The summed E-state index contributed by atoms with van der Waals surface area (Å²) in [6.45, 7) is 8.69. The van der Waals surface area contributed by atoms with Crippen molar-refractivity contribution in [2.75, 3.05) is 38.0 Å². The van der Waals surface area contributed by atoms with Gasteiger partial charge in [0.1, 0.15) is 0 Å². The maximum atomic E-state index is 12.8. The topological polar surface area (TPSA) is 70.5 Å². The number of halogens is 1. The largest absolute Gasteiger partial charge is 0.340 e. The molecule has 34 heavy (non-hydrogen) atoms. The van der Waals surface area contributed by atoms with Crippen LogP contribution in [0.15, 0.2) is 48.5 Å². The predicted octanol–water partition coefficient (Wildman–Crippen LogP) is 3.78. The third-order valence-corrected chi connectivity index (χ3v) is 6.59. The van der Waals surface area contributed by atoms with Crippen molar-refractivity contribution in [2.45, 2.75) is 27.2 Å². The maximum Gasteiger partial charge on any atom is 0.238 e. The molecular weight excluding hydrogens is 450 g/mol. The number of nitrogens with one attached hydrogen (secondary N) is 1. The van der Waals surface area contributed by atoms with Crippen LogP contribution in [0.25, 0.3) is 5.69 Å². The minimum atomic E-state index is -0.0782. The van der Waals surface area contributed by atoms with Crippen LogP contribution in [0.3, 0.4) is 0 Å². The summed E-state index contributed by atoms with van der Waals surface area (Å²) in [6, 6.07) is 15.6. The van der Waals surface area contributed by atoms with Gasteiger partial charge in [-0.2, -0.15) is 5.10 Å². The Hall–Kier alpha value is -3.16. The average molecular weight is 480 g/mol. The average Bonchev–Trinajstić information content (AvgIpc) is 3.09. The van der Waals surface area contributed by atoms with Gasteiger partial charge in [-0.3, -0.25) is 14.5 Å². The summed E-state index contributed by atoms with van der Waals surface area (Å²) in [5.41, 5.74) is 5.41. The zero-order valence-electron chi connectivity index (χ0n) is 19.8. The number of hydrogen-bond donors (Lipinski definition) is 1. The summed E-state index contributed by atoms with van der Waals surface area (Å²) in [6.07, 6.45) is 0.295. The zero-order valence-corrected chi connectivity index (χ0v) is 20.6. The molecule has 0 unspecified atom stereocenters. The number of hydrogen-bond acceptors (Lipinski definition) is 4. The lowest BCUT2D eigenvalue weighted by atomic mass is 10.1. The minimum Gasteiger partial charge on any atom is -0.340 e. The first-order chi connectivity index (χ1) is 16.3. The Balaban J connectivity index is 1.30. The molecule has 0 spiro atoms. The molecule has 0 aliphatic carbocycles. The summed E-state index contributed by atoms with van der Waals surface area (Å²) in [5, 5.41) is 8.27. The normalized spacial score (nSPS) is 14.3. The fraction of sp³-hybridized carbons (Fsp3) is 0.346. The molecule has 1 aliphatic rings. The molecule has 1 fully saturated rings. The van der Waals surface area contributed by atoms with Crippen LogP contribution in [0.5, 0.6) is 0 Å². The lowest BCUT2D eigenvalue weighted by Crippen LogP contribution is -2.50. The summed E-state index contributed by atoms with van der Waals surface area (Å²) in [7, 11) is 0. The highest BCUT2D eigenvalue weighted by Gasteiger charge is 2.24. The number of amides is 2. The summed E-state index contributed by atoms with van der Waals surface area (Å²) in [5.74, 6) is -0.0162. The SMILES string of the molecule is Cc1ccc(-n2nc(C)c(NC(=O)CN3CCN(C(=O)Cc4ccccc4Cl)CC3)c2C)cc1. The summed E-state index contributed by atoms with van der Waals surface area (Å²) < 4.78 is 1.85. The number of benzene rings is 2. The molecule has 4 rings (SSSR count). The van der Waals surface area contributed by atoms with Crippen molar-refractivity contribution in [2.24, 2.45) is 0 Å². The van der Waals surface area contributed by atoms with Crippen LogP contribution in [0.1, 0.15) is 22.5 Å². The van der Waals surface area contributed by atoms with E-state index in [4.69, 9.17) is 11.6 Å². The van der Waals surface area contributed by atoms with Gasteiger partial charge in [-0.25, -0.2) is 4.68 Å². The third kappa shape index (κ3) is 5.48. The summed E-state index contributed by atoms with van der Waals surface area (Å²) >= 11 is 6.19. The highest BCUT2D eigenvalue weighted by atomic mass is 35.5. The molecule has 2 amide bonds. The molecule has 2 aromatic carbocycles. The first-order valence-corrected chi connectivity index (χ1v) is 11.9. The van der Waals surface area contributed by atoms with E-state index in [9.17, 15) is 9.59 Å². The van der Waals surface area contributed by atoms with Crippen LogP contribution >= 0.6 is 11.6 Å². The number of anilines is 1. The number of piperazine rings is 1. The van der Waals surface area contributed by atoms with E-state index in [0.717, 1.165) is 28.3 Å². The molecule has 3 aromatic rings. The molecule has 1 N–H and O–H groups in total. The molecule has 1 saturated heterocycles. The molecule has 7 nitrogen and oxygen atoms in total. The van der Waals surface area contributed by atoms with Crippen molar-refractivity contribution < 1.29 is 9.59 Å². The van der Waals surface area contributed by atoms with Crippen LogP contribution in [-0.2, 0) is 16.0 Å². The van der Waals surface area contributed by atoms with E-state index in [-0.39, 0.29) is 18.4 Å².